The minimum atomic E-state index is -3.37. The van der Waals surface area contributed by atoms with E-state index in [-0.39, 0.29) is 37.1 Å². The minimum absolute atomic E-state index is 0.0712. The second kappa shape index (κ2) is 12.7. The molecular formula is C26H46FN7O4S. The van der Waals surface area contributed by atoms with E-state index in [4.69, 9.17) is 16.2 Å². The standard InChI is InChI=1S/C26H46FN7O4S/c27-18-5-4-17-2-1-3-20(17)24(31-14-18)23(25(28)29)26(35)32-21-15-30-8-6-22(21)33-9-11-34(12-10-33)39(36,37)19-7-13-38-16-19/h17-19,21-23,25,30-31H,1-16,28-29H2,(H,32,35)/b24-20-. The van der Waals surface area contributed by atoms with Crippen molar-refractivity contribution in [2.75, 3.05) is 59.0 Å². The molecule has 4 heterocycles. The zero-order valence-corrected chi connectivity index (χ0v) is 23.6. The Morgan fingerprint density at radius 2 is 1.87 bits per heavy atom. The maximum atomic E-state index is 14.4. The quantitative estimate of drug-likeness (QED) is 0.247. The molecule has 13 heteroatoms. The summed E-state index contributed by atoms with van der Waals surface area (Å²) in [6, 6.07) is -0.103. The predicted octanol–water partition coefficient (Wildman–Crippen LogP) is -0.795. The number of rotatable bonds is 7. The average molecular weight is 572 g/mol. The van der Waals surface area contributed by atoms with Crippen molar-refractivity contribution in [2.45, 2.75) is 74.6 Å². The van der Waals surface area contributed by atoms with Crippen molar-refractivity contribution < 1.29 is 22.3 Å². The van der Waals surface area contributed by atoms with E-state index in [1.807, 2.05) is 0 Å². The lowest BCUT2D eigenvalue weighted by atomic mass is 9.86. The van der Waals surface area contributed by atoms with Crippen LogP contribution >= 0.6 is 0 Å². The van der Waals surface area contributed by atoms with E-state index in [0.29, 0.717) is 52.2 Å². The molecule has 4 fully saturated rings. The van der Waals surface area contributed by atoms with Crippen LogP contribution in [0.5, 0.6) is 0 Å². The summed E-state index contributed by atoms with van der Waals surface area (Å²) in [5.41, 5.74) is 14.3. The second-order valence-corrected chi connectivity index (χ2v) is 14.0. The molecule has 11 nitrogen and oxygen atoms in total. The van der Waals surface area contributed by atoms with Crippen molar-refractivity contribution in [1.82, 2.24) is 25.2 Å². The molecular weight excluding hydrogens is 525 g/mol. The van der Waals surface area contributed by atoms with Gasteiger partial charge in [0.05, 0.1) is 18.8 Å². The van der Waals surface area contributed by atoms with Crippen LogP contribution in [0.3, 0.4) is 0 Å². The molecule has 0 aromatic heterocycles. The fraction of sp³-hybridized carbons (Fsp3) is 0.885. The summed E-state index contributed by atoms with van der Waals surface area (Å²) in [7, 11) is -3.37. The van der Waals surface area contributed by atoms with Gasteiger partial charge in [0.1, 0.15) is 17.3 Å². The van der Waals surface area contributed by atoms with Crippen molar-refractivity contribution in [3.8, 4) is 0 Å². The molecule has 39 heavy (non-hydrogen) atoms. The normalized spacial score (nSPS) is 36.2. The van der Waals surface area contributed by atoms with Crippen molar-refractivity contribution in [1.29, 1.82) is 0 Å². The van der Waals surface area contributed by atoms with Gasteiger partial charge in [-0.05, 0) is 63.0 Å². The highest BCUT2D eigenvalue weighted by molar-refractivity contribution is 7.89. The van der Waals surface area contributed by atoms with Gasteiger partial charge in [-0.25, -0.2) is 12.8 Å². The molecule has 6 unspecified atom stereocenters. The van der Waals surface area contributed by atoms with E-state index >= 15 is 0 Å². The first-order valence-corrected chi connectivity index (χ1v) is 16.2. The Morgan fingerprint density at radius 3 is 2.59 bits per heavy atom. The van der Waals surface area contributed by atoms with Gasteiger partial charge < -0.3 is 32.2 Å². The van der Waals surface area contributed by atoms with Crippen molar-refractivity contribution in [3.63, 3.8) is 0 Å². The molecule has 1 saturated carbocycles. The summed E-state index contributed by atoms with van der Waals surface area (Å²) in [6.07, 6.45) is 3.75. The lowest BCUT2D eigenvalue weighted by Gasteiger charge is -2.44. The number of nitrogens with zero attached hydrogens (tertiary/aromatic N) is 2. The maximum Gasteiger partial charge on any atom is 0.232 e. The van der Waals surface area contributed by atoms with Crippen LogP contribution in [-0.2, 0) is 19.6 Å². The van der Waals surface area contributed by atoms with Gasteiger partial charge in [-0.1, -0.05) is 0 Å². The average Bonchev–Trinajstić information content (AvgIpc) is 3.62. The van der Waals surface area contributed by atoms with E-state index in [2.05, 4.69) is 20.9 Å². The number of nitrogens with one attached hydrogen (secondary N) is 3. The number of nitrogens with two attached hydrogens (primary N) is 2. The molecule has 5 rings (SSSR count). The van der Waals surface area contributed by atoms with Gasteiger partial charge in [0.25, 0.3) is 0 Å². The largest absolute Gasteiger partial charge is 0.385 e. The molecule has 0 aromatic rings. The Bertz CT molecular complexity index is 998. The third kappa shape index (κ3) is 6.44. The Kier molecular flexibility index (Phi) is 9.47. The van der Waals surface area contributed by atoms with E-state index in [1.165, 1.54) is 5.57 Å². The third-order valence-electron chi connectivity index (χ3n) is 9.34. The number of hydrogen-bond acceptors (Lipinski definition) is 9. The summed E-state index contributed by atoms with van der Waals surface area (Å²) in [5.74, 6) is -0.737. The van der Waals surface area contributed by atoms with Crippen LogP contribution in [0.2, 0.25) is 0 Å². The van der Waals surface area contributed by atoms with Crippen LogP contribution in [0.25, 0.3) is 0 Å². The van der Waals surface area contributed by atoms with Crippen LogP contribution in [0, 0.1) is 11.8 Å². The molecule has 0 spiro atoms. The first-order chi connectivity index (χ1) is 18.8. The minimum Gasteiger partial charge on any atom is -0.385 e. The molecule has 6 atom stereocenters. The number of carbonyl (C=O) groups excluding carboxylic acids is 1. The molecule has 4 aliphatic heterocycles. The zero-order valence-electron chi connectivity index (χ0n) is 22.8. The number of carbonyl (C=O) groups is 1. The molecule has 5 aliphatic rings. The summed E-state index contributed by atoms with van der Waals surface area (Å²) in [4.78, 5) is 16.1. The predicted molar refractivity (Wildman–Crippen MR) is 147 cm³/mol. The number of allylic oxidation sites excluding steroid dienone is 1. The lowest BCUT2D eigenvalue weighted by molar-refractivity contribution is -0.126. The number of ether oxygens (including phenoxy) is 1. The zero-order chi connectivity index (χ0) is 27.6. The molecule has 3 saturated heterocycles. The maximum absolute atomic E-state index is 14.4. The van der Waals surface area contributed by atoms with Crippen LogP contribution in [0.4, 0.5) is 4.39 Å². The number of halogens is 1. The molecule has 1 amide bonds. The molecule has 0 aromatic carbocycles. The monoisotopic (exact) mass is 571 g/mol. The first kappa shape index (κ1) is 29.2. The Morgan fingerprint density at radius 1 is 1.08 bits per heavy atom. The van der Waals surface area contributed by atoms with E-state index in [0.717, 1.165) is 44.3 Å². The summed E-state index contributed by atoms with van der Waals surface area (Å²) in [5, 5.41) is 9.42. The third-order valence-corrected chi connectivity index (χ3v) is 11.6. The lowest BCUT2D eigenvalue weighted by Crippen LogP contribution is -2.64. The highest BCUT2D eigenvalue weighted by Gasteiger charge is 2.41. The smallest absolute Gasteiger partial charge is 0.232 e. The summed E-state index contributed by atoms with van der Waals surface area (Å²) >= 11 is 0. The number of sulfonamides is 1. The van der Waals surface area contributed by atoms with Gasteiger partial charge in [-0.3, -0.25) is 9.69 Å². The highest BCUT2D eigenvalue weighted by atomic mass is 32.2. The van der Waals surface area contributed by atoms with E-state index < -0.39 is 33.5 Å². The molecule has 0 radical (unpaired) electrons. The van der Waals surface area contributed by atoms with Gasteiger partial charge in [-0.15, -0.1) is 0 Å². The molecule has 222 valence electrons. The van der Waals surface area contributed by atoms with Gasteiger partial charge in [-0.2, -0.15) is 4.31 Å². The van der Waals surface area contributed by atoms with Gasteiger partial charge in [0, 0.05) is 57.6 Å². The Labute approximate surface area is 231 Å². The first-order valence-electron chi connectivity index (χ1n) is 14.7. The van der Waals surface area contributed by atoms with Crippen molar-refractivity contribution in [3.05, 3.63) is 11.3 Å². The number of fused-ring (bicyclic) bond motifs is 1. The van der Waals surface area contributed by atoms with Crippen molar-refractivity contribution in [2.24, 2.45) is 23.3 Å². The van der Waals surface area contributed by atoms with E-state index in [9.17, 15) is 17.6 Å². The fourth-order valence-electron chi connectivity index (χ4n) is 7.17. The summed E-state index contributed by atoms with van der Waals surface area (Å²) < 4.78 is 47.4. The van der Waals surface area contributed by atoms with Crippen LogP contribution in [-0.4, -0.2) is 112 Å². The van der Waals surface area contributed by atoms with Crippen LogP contribution in [0.1, 0.15) is 44.9 Å². The van der Waals surface area contributed by atoms with Gasteiger partial charge in [0.2, 0.25) is 15.9 Å². The van der Waals surface area contributed by atoms with Gasteiger partial charge >= 0.3 is 0 Å². The number of hydrogen-bond donors (Lipinski definition) is 5. The highest BCUT2D eigenvalue weighted by Crippen LogP contribution is 2.39. The molecule has 0 bridgehead atoms. The Hall–Kier alpha value is -1.35. The topological polar surface area (TPSA) is 155 Å². The number of amides is 1. The fourth-order valence-corrected chi connectivity index (χ4v) is 8.92. The van der Waals surface area contributed by atoms with Gasteiger partial charge in [0.15, 0.2) is 0 Å². The second-order valence-electron chi connectivity index (χ2n) is 11.8. The molecule has 7 N–H and O–H groups in total. The van der Waals surface area contributed by atoms with Crippen molar-refractivity contribution >= 4 is 15.9 Å². The number of piperazine rings is 1. The number of piperidine rings is 1. The van der Waals surface area contributed by atoms with E-state index in [1.54, 1.807) is 4.31 Å². The number of alkyl halides is 1. The summed E-state index contributed by atoms with van der Waals surface area (Å²) in [6.45, 7) is 4.46. The van der Waals surface area contributed by atoms with Crippen LogP contribution in [0.15, 0.2) is 11.3 Å². The molecule has 1 aliphatic carbocycles. The Balaban J connectivity index is 1.26. The SMILES string of the molecule is NC(N)C(C(=O)NC1CNCCC1N1CCN(S(=O)(=O)C2CCOC2)CC1)/C1=C2\CCCC2CCC(F)CN1. The van der Waals surface area contributed by atoms with Crippen LogP contribution < -0.4 is 27.4 Å².